The van der Waals surface area contributed by atoms with Crippen molar-refractivity contribution in [2.45, 2.75) is 59.0 Å². The van der Waals surface area contributed by atoms with Crippen molar-refractivity contribution >= 4 is 11.8 Å². The summed E-state index contributed by atoms with van der Waals surface area (Å²) in [6, 6.07) is 19.6. The molecule has 2 aromatic rings. The predicted molar refractivity (Wildman–Crippen MR) is 120 cm³/mol. The highest BCUT2D eigenvalue weighted by molar-refractivity contribution is 5.99. The first kappa shape index (κ1) is 22.3. The van der Waals surface area contributed by atoms with Gasteiger partial charge in [0.1, 0.15) is 17.8 Å². The van der Waals surface area contributed by atoms with E-state index in [1.807, 2.05) is 60.7 Å². The third-order valence-electron chi connectivity index (χ3n) is 6.57. The van der Waals surface area contributed by atoms with Crippen LogP contribution in [0.5, 0.6) is 0 Å². The van der Waals surface area contributed by atoms with E-state index in [0.717, 1.165) is 24.0 Å². The second kappa shape index (κ2) is 10.1. The minimum absolute atomic E-state index is 0.115. The lowest BCUT2D eigenvalue weighted by molar-refractivity contribution is -0.163. The first-order valence-corrected chi connectivity index (χ1v) is 11.2. The quantitative estimate of drug-likeness (QED) is 0.417. The number of ketones is 1. The van der Waals surface area contributed by atoms with E-state index in [4.69, 9.17) is 4.74 Å². The molecule has 0 aliphatic heterocycles. The number of hydrogen-bond donors (Lipinski definition) is 0. The zero-order chi connectivity index (χ0) is 21.7. The summed E-state index contributed by atoms with van der Waals surface area (Å²) in [6.45, 7) is 8.12. The SMILES string of the molecule is CC(=O)C(C(=O)OC1CC(C)CCC1C(C)C)C(c1ccccc1)c1ccccc1. The van der Waals surface area contributed by atoms with E-state index in [2.05, 4.69) is 20.8 Å². The first-order chi connectivity index (χ1) is 14.4. The average Bonchev–Trinajstić information content (AvgIpc) is 2.72. The van der Waals surface area contributed by atoms with E-state index < -0.39 is 5.92 Å². The van der Waals surface area contributed by atoms with Crippen LogP contribution in [0.2, 0.25) is 0 Å². The van der Waals surface area contributed by atoms with Gasteiger partial charge >= 0.3 is 5.97 Å². The van der Waals surface area contributed by atoms with Crippen LogP contribution in [0, 0.1) is 23.7 Å². The third kappa shape index (κ3) is 5.19. The van der Waals surface area contributed by atoms with Gasteiger partial charge in [-0.25, -0.2) is 0 Å². The van der Waals surface area contributed by atoms with Gasteiger partial charge in [0, 0.05) is 5.92 Å². The zero-order valence-electron chi connectivity index (χ0n) is 18.6. The number of ether oxygens (including phenoxy) is 1. The van der Waals surface area contributed by atoms with Gasteiger partial charge in [-0.1, -0.05) is 87.9 Å². The Morgan fingerprint density at radius 3 is 1.90 bits per heavy atom. The maximum atomic E-state index is 13.5. The maximum absolute atomic E-state index is 13.5. The molecule has 2 aromatic carbocycles. The summed E-state index contributed by atoms with van der Waals surface area (Å²) in [6.07, 6.45) is 3.00. The van der Waals surface area contributed by atoms with Gasteiger partial charge in [-0.3, -0.25) is 9.59 Å². The molecular weight excluding hydrogens is 372 g/mol. The normalized spacial score (nSPS) is 22.7. The summed E-state index contributed by atoms with van der Waals surface area (Å²) in [5.41, 5.74) is 1.91. The second-order valence-electron chi connectivity index (χ2n) is 9.19. The summed E-state index contributed by atoms with van der Waals surface area (Å²) in [5, 5.41) is 0. The van der Waals surface area contributed by atoms with Crippen LogP contribution in [0.3, 0.4) is 0 Å². The highest BCUT2D eigenvalue weighted by Crippen LogP contribution is 2.38. The molecule has 30 heavy (non-hydrogen) atoms. The molecule has 1 fully saturated rings. The average molecular weight is 407 g/mol. The lowest BCUT2D eigenvalue weighted by Crippen LogP contribution is -2.40. The van der Waals surface area contributed by atoms with E-state index >= 15 is 0 Å². The molecule has 0 bridgehead atoms. The van der Waals surface area contributed by atoms with E-state index in [1.165, 1.54) is 13.3 Å². The van der Waals surface area contributed by atoms with Crippen molar-refractivity contribution < 1.29 is 14.3 Å². The van der Waals surface area contributed by atoms with Gasteiger partial charge in [0.05, 0.1) is 0 Å². The van der Waals surface area contributed by atoms with E-state index in [1.54, 1.807) is 0 Å². The zero-order valence-corrected chi connectivity index (χ0v) is 18.6. The van der Waals surface area contributed by atoms with Crippen LogP contribution in [0.25, 0.3) is 0 Å². The number of benzene rings is 2. The van der Waals surface area contributed by atoms with Gasteiger partial charge in [-0.05, 0) is 48.6 Å². The summed E-state index contributed by atoms with van der Waals surface area (Å²) in [4.78, 5) is 26.3. The van der Waals surface area contributed by atoms with Crippen LogP contribution < -0.4 is 0 Å². The largest absolute Gasteiger partial charge is 0.461 e. The standard InChI is InChI=1S/C27H34O3/c1-18(2)23-16-15-19(3)17-24(23)30-27(29)25(20(4)28)26(21-11-7-5-8-12-21)22-13-9-6-10-14-22/h5-14,18-19,23-26H,15-17H2,1-4H3. The Hall–Kier alpha value is -2.42. The molecule has 4 unspecified atom stereocenters. The fourth-order valence-electron chi connectivity index (χ4n) is 4.91. The molecular formula is C27H34O3. The lowest BCUT2D eigenvalue weighted by Gasteiger charge is -2.37. The van der Waals surface area contributed by atoms with Gasteiger partial charge in [-0.15, -0.1) is 0 Å². The Labute approximate surface area is 180 Å². The smallest absolute Gasteiger partial charge is 0.317 e. The molecule has 0 heterocycles. The van der Waals surface area contributed by atoms with Gasteiger partial charge in [-0.2, -0.15) is 0 Å². The van der Waals surface area contributed by atoms with Crippen LogP contribution in [-0.4, -0.2) is 17.9 Å². The predicted octanol–water partition coefficient (Wildman–Crippen LogP) is 6.03. The summed E-state index contributed by atoms with van der Waals surface area (Å²) in [7, 11) is 0. The number of Topliss-reactive ketones (excluding diaryl/α,β-unsaturated/α-hetero) is 1. The Bertz CT molecular complexity index is 788. The number of carbonyl (C=O) groups is 2. The Morgan fingerprint density at radius 2 is 1.43 bits per heavy atom. The number of carbonyl (C=O) groups excluding carboxylic acids is 2. The number of esters is 1. The number of hydrogen-bond acceptors (Lipinski definition) is 3. The van der Waals surface area contributed by atoms with Crippen LogP contribution in [0.1, 0.15) is 64.0 Å². The summed E-state index contributed by atoms with van der Waals surface area (Å²) in [5.74, 6) is -0.397. The minimum atomic E-state index is -0.847. The molecule has 1 aliphatic carbocycles. The second-order valence-corrected chi connectivity index (χ2v) is 9.19. The fraction of sp³-hybridized carbons (Fsp3) is 0.481. The van der Waals surface area contributed by atoms with E-state index in [-0.39, 0.29) is 23.8 Å². The van der Waals surface area contributed by atoms with Crippen LogP contribution >= 0.6 is 0 Å². The molecule has 1 saturated carbocycles. The van der Waals surface area contributed by atoms with E-state index in [0.29, 0.717) is 17.8 Å². The third-order valence-corrected chi connectivity index (χ3v) is 6.57. The van der Waals surface area contributed by atoms with Crippen molar-refractivity contribution in [3.05, 3.63) is 71.8 Å². The van der Waals surface area contributed by atoms with Crippen molar-refractivity contribution in [1.82, 2.24) is 0 Å². The Kier molecular flexibility index (Phi) is 7.47. The van der Waals surface area contributed by atoms with Crippen LogP contribution in [0.4, 0.5) is 0 Å². The molecule has 3 heteroatoms. The van der Waals surface area contributed by atoms with Crippen molar-refractivity contribution in [2.24, 2.45) is 23.7 Å². The Morgan fingerprint density at radius 1 is 0.900 bits per heavy atom. The molecule has 0 aromatic heterocycles. The molecule has 4 atom stereocenters. The molecule has 3 rings (SSSR count). The van der Waals surface area contributed by atoms with Crippen molar-refractivity contribution in [1.29, 1.82) is 0 Å². The van der Waals surface area contributed by atoms with Crippen LogP contribution in [-0.2, 0) is 14.3 Å². The molecule has 0 N–H and O–H groups in total. The molecule has 1 aliphatic rings. The van der Waals surface area contributed by atoms with Crippen LogP contribution in [0.15, 0.2) is 60.7 Å². The number of rotatable bonds is 7. The van der Waals surface area contributed by atoms with Crippen molar-refractivity contribution in [3.63, 3.8) is 0 Å². The molecule has 0 amide bonds. The minimum Gasteiger partial charge on any atom is -0.461 e. The van der Waals surface area contributed by atoms with Gasteiger partial charge in [0.15, 0.2) is 0 Å². The summed E-state index contributed by atoms with van der Waals surface area (Å²) < 4.78 is 6.12. The first-order valence-electron chi connectivity index (χ1n) is 11.2. The molecule has 0 saturated heterocycles. The monoisotopic (exact) mass is 406 g/mol. The Balaban J connectivity index is 1.93. The molecule has 3 nitrogen and oxygen atoms in total. The van der Waals surface area contributed by atoms with Gasteiger partial charge in [0.2, 0.25) is 0 Å². The van der Waals surface area contributed by atoms with Crippen molar-refractivity contribution in [3.8, 4) is 0 Å². The topological polar surface area (TPSA) is 43.4 Å². The highest BCUT2D eigenvalue weighted by atomic mass is 16.5. The highest BCUT2D eigenvalue weighted by Gasteiger charge is 2.40. The molecule has 0 spiro atoms. The maximum Gasteiger partial charge on any atom is 0.317 e. The van der Waals surface area contributed by atoms with E-state index in [9.17, 15) is 9.59 Å². The molecule has 0 radical (unpaired) electrons. The fourth-order valence-corrected chi connectivity index (χ4v) is 4.91. The van der Waals surface area contributed by atoms with Crippen molar-refractivity contribution in [2.75, 3.05) is 0 Å². The summed E-state index contributed by atoms with van der Waals surface area (Å²) >= 11 is 0. The lowest BCUT2D eigenvalue weighted by atomic mass is 9.75. The molecule has 160 valence electrons. The van der Waals surface area contributed by atoms with Gasteiger partial charge in [0.25, 0.3) is 0 Å². The van der Waals surface area contributed by atoms with Gasteiger partial charge < -0.3 is 4.74 Å².